The second-order valence-electron chi connectivity index (χ2n) is 3.46. The van der Waals surface area contributed by atoms with Crippen LogP contribution in [0.15, 0.2) is 0 Å². The van der Waals surface area contributed by atoms with E-state index >= 15 is 0 Å². The molecule has 2 heteroatoms. The topological polar surface area (TPSA) is 21.3 Å². The maximum atomic E-state index is 5.63. The van der Waals surface area contributed by atoms with Gasteiger partial charge in [0, 0.05) is 19.1 Å². The molecule has 1 aliphatic heterocycles. The van der Waals surface area contributed by atoms with Crippen LogP contribution in [-0.2, 0) is 4.74 Å². The van der Waals surface area contributed by atoms with Gasteiger partial charge in [0.05, 0.1) is 6.10 Å². The average molecular weight is 181 g/mol. The van der Waals surface area contributed by atoms with Crippen LogP contribution in [0.4, 0.5) is 0 Å². The van der Waals surface area contributed by atoms with E-state index in [1.807, 2.05) is 0 Å². The van der Waals surface area contributed by atoms with Gasteiger partial charge >= 0.3 is 0 Å². The zero-order valence-electron chi connectivity index (χ0n) is 8.38. The second kappa shape index (κ2) is 6.01. The minimum Gasteiger partial charge on any atom is -0.377 e. The third-order valence-electron chi connectivity index (χ3n) is 2.48. The molecule has 0 spiro atoms. The Balaban J connectivity index is 2.31. The first-order valence-electron chi connectivity index (χ1n) is 5.17. The summed E-state index contributed by atoms with van der Waals surface area (Å²) in [5.74, 6) is 2.68. The van der Waals surface area contributed by atoms with E-state index in [9.17, 15) is 0 Å². The van der Waals surface area contributed by atoms with E-state index < -0.39 is 0 Å². The Kier molecular flexibility index (Phi) is 4.88. The molecule has 0 aromatic heterocycles. The lowest BCUT2D eigenvalue weighted by atomic mass is 10.0. The smallest absolute Gasteiger partial charge is 0.0729 e. The van der Waals surface area contributed by atoms with Crippen LogP contribution in [0.1, 0.15) is 32.6 Å². The molecule has 2 nitrogen and oxygen atoms in total. The molecule has 2 atom stereocenters. The highest BCUT2D eigenvalue weighted by Gasteiger charge is 2.24. The molecule has 74 valence electrons. The van der Waals surface area contributed by atoms with Crippen LogP contribution in [0, 0.1) is 12.3 Å². The molecule has 0 aliphatic carbocycles. The van der Waals surface area contributed by atoms with E-state index in [4.69, 9.17) is 11.2 Å². The van der Waals surface area contributed by atoms with Gasteiger partial charge in [0.15, 0.2) is 0 Å². The Morgan fingerprint density at radius 3 is 3.08 bits per heavy atom. The number of ether oxygens (including phenoxy) is 1. The summed E-state index contributed by atoms with van der Waals surface area (Å²) >= 11 is 0. The first kappa shape index (κ1) is 10.6. The SMILES string of the molecule is C#CCCC(NCC)C1CCCO1. The number of nitrogens with one attached hydrogen (secondary N) is 1. The molecule has 1 aliphatic rings. The summed E-state index contributed by atoms with van der Waals surface area (Å²) in [6, 6.07) is 0.462. The normalized spacial score (nSPS) is 24.2. The summed E-state index contributed by atoms with van der Waals surface area (Å²) in [5.41, 5.74) is 0. The molecule has 0 aromatic carbocycles. The number of hydrogen-bond donors (Lipinski definition) is 1. The maximum absolute atomic E-state index is 5.63. The van der Waals surface area contributed by atoms with Gasteiger partial charge < -0.3 is 10.1 Å². The molecule has 1 N–H and O–H groups in total. The highest BCUT2D eigenvalue weighted by molar-refractivity contribution is 4.88. The lowest BCUT2D eigenvalue weighted by molar-refractivity contribution is 0.0766. The second-order valence-corrected chi connectivity index (χ2v) is 3.46. The fourth-order valence-electron chi connectivity index (χ4n) is 1.84. The van der Waals surface area contributed by atoms with Crippen molar-refractivity contribution in [1.82, 2.24) is 5.32 Å². The predicted octanol–water partition coefficient (Wildman–Crippen LogP) is 1.56. The number of likely N-dealkylation sites (N-methyl/N-ethyl adjacent to an activating group) is 1. The summed E-state index contributed by atoms with van der Waals surface area (Å²) in [6.45, 7) is 4.04. The van der Waals surface area contributed by atoms with Crippen molar-refractivity contribution in [2.24, 2.45) is 0 Å². The molecule has 1 heterocycles. The number of terminal acetylenes is 1. The molecule has 0 bridgehead atoms. The summed E-state index contributed by atoms with van der Waals surface area (Å²) in [4.78, 5) is 0. The van der Waals surface area contributed by atoms with E-state index in [1.54, 1.807) is 0 Å². The van der Waals surface area contributed by atoms with Crippen molar-refractivity contribution in [3.05, 3.63) is 0 Å². The molecule has 0 radical (unpaired) electrons. The third-order valence-corrected chi connectivity index (χ3v) is 2.48. The third kappa shape index (κ3) is 3.38. The fraction of sp³-hybridized carbons (Fsp3) is 0.818. The molecule has 1 rings (SSSR count). The molecule has 0 saturated carbocycles. The van der Waals surface area contributed by atoms with Crippen LogP contribution >= 0.6 is 0 Å². The monoisotopic (exact) mass is 181 g/mol. The standard InChI is InChI=1S/C11H19NO/c1-3-5-7-10(12-4-2)11-8-6-9-13-11/h1,10-12H,4-9H2,2H3. The zero-order chi connectivity index (χ0) is 9.52. The minimum absolute atomic E-state index is 0.397. The Labute approximate surface area is 81.0 Å². The van der Waals surface area contributed by atoms with E-state index in [-0.39, 0.29) is 0 Å². The van der Waals surface area contributed by atoms with Crippen molar-refractivity contribution in [3.63, 3.8) is 0 Å². The first-order chi connectivity index (χ1) is 6.38. The van der Waals surface area contributed by atoms with Gasteiger partial charge in [-0.15, -0.1) is 12.3 Å². The van der Waals surface area contributed by atoms with E-state index in [0.29, 0.717) is 12.1 Å². The van der Waals surface area contributed by atoms with Gasteiger partial charge in [0.25, 0.3) is 0 Å². The summed E-state index contributed by atoms with van der Waals surface area (Å²) < 4.78 is 5.63. The molecule has 1 saturated heterocycles. The van der Waals surface area contributed by atoms with E-state index in [2.05, 4.69) is 18.2 Å². The summed E-state index contributed by atoms with van der Waals surface area (Å²) in [7, 11) is 0. The van der Waals surface area contributed by atoms with Crippen molar-refractivity contribution >= 4 is 0 Å². The Hall–Kier alpha value is -0.520. The molecule has 0 aromatic rings. The van der Waals surface area contributed by atoms with Crippen molar-refractivity contribution in [3.8, 4) is 12.3 Å². The van der Waals surface area contributed by atoms with Gasteiger partial charge in [-0.1, -0.05) is 6.92 Å². The molecular weight excluding hydrogens is 162 g/mol. The van der Waals surface area contributed by atoms with Crippen LogP contribution in [0.25, 0.3) is 0 Å². The van der Waals surface area contributed by atoms with Crippen molar-refractivity contribution in [2.45, 2.75) is 44.8 Å². The molecular formula is C11H19NO. The first-order valence-corrected chi connectivity index (χ1v) is 5.17. The van der Waals surface area contributed by atoms with Crippen LogP contribution < -0.4 is 5.32 Å². The average Bonchev–Trinajstić information content (AvgIpc) is 2.65. The van der Waals surface area contributed by atoms with Gasteiger partial charge in [0.1, 0.15) is 0 Å². The van der Waals surface area contributed by atoms with Crippen LogP contribution in [0.5, 0.6) is 0 Å². The Bertz CT molecular complexity index is 167. The minimum atomic E-state index is 0.397. The quantitative estimate of drug-likeness (QED) is 0.650. The van der Waals surface area contributed by atoms with Crippen LogP contribution in [-0.4, -0.2) is 25.3 Å². The van der Waals surface area contributed by atoms with Gasteiger partial charge in [0.2, 0.25) is 0 Å². The van der Waals surface area contributed by atoms with Crippen molar-refractivity contribution < 1.29 is 4.74 Å². The van der Waals surface area contributed by atoms with E-state index in [0.717, 1.165) is 26.0 Å². The summed E-state index contributed by atoms with van der Waals surface area (Å²) in [6.07, 6.45) is 9.91. The molecule has 2 unspecified atom stereocenters. The van der Waals surface area contributed by atoms with Gasteiger partial charge in [-0.05, 0) is 25.8 Å². The van der Waals surface area contributed by atoms with Crippen molar-refractivity contribution in [2.75, 3.05) is 13.2 Å². The lowest BCUT2D eigenvalue weighted by Gasteiger charge is -2.22. The highest BCUT2D eigenvalue weighted by atomic mass is 16.5. The molecule has 1 fully saturated rings. The van der Waals surface area contributed by atoms with E-state index in [1.165, 1.54) is 12.8 Å². The Morgan fingerprint density at radius 1 is 1.69 bits per heavy atom. The number of rotatable bonds is 5. The maximum Gasteiger partial charge on any atom is 0.0729 e. The van der Waals surface area contributed by atoms with Gasteiger partial charge in [-0.2, -0.15) is 0 Å². The summed E-state index contributed by atoms with van der Waals surface area (Å²) in [5, 5.41) is 3.44. The van der Waals surface area contributed by atoms with Crippen molar-refractivity contribution in [1.29, 1.82) is 0 Å². The number of hydrogen-bond acceptors (Lipinski definition) is 2. The Morgan fingerprint density at radius 2 is 2.54 bits per heavy atom. The lowest BCUT2D eigenvalue weighted by Crippen LogP contribution is -2.39. The fourth-order valence-corrected chi connectivity index (χ4v) is 1.84. The predicted molar refractivity (Wildman–Crippen MR) is 54.5 cm³/mol. The van der Waals surface area contributed by atoms with Crippen LogP contribution in [0.2, 0.25) is 0 Å². The zero-order valence-corrected chi connectivity index (χ0v) is 8.38. The largest absolute Gasteiger partial charge is 0.377 e. The van der Waals surface area contributed by atoms with Gasteiger partial charge in [-0.3, -0.25) is 0 Å². The van der Waals surface area contributed by atoms with Crippen LogP contribution in [0.3, 0.4) is 0 Å². The van der Waals surface area contributed by atoms with Gasteiger partial charge in [-0.25, -0.2) is 0 Å². The highest BCUT2D eigenvalue weighted by Crippen LogP contribution is 2.18. The molecule has 13 heavy (non-hydrogen) atoms. The molecule has 0 amide bonds.